The molecule has 2 aromatic rings. The first-order chi connectivity index (χ1) is 8.69. The monoisotopic (exact) mass is 325 g/mol. The zero-order valence-electron chi connectivity index (χ0n) is 10.5. The number of rotatable bonds is 5. The molecule has 0 unspecified atom stereocenters. The van der Waals surface area contributed by atoms with E-state index in [-0.39, 0.29) is 0 Å². The van der Waals surface area contributed by atoms with Crippen molar-refractivity contribution in [2.45, 2.75) is 19.2 Å². The second-order valence-corrected chi connectivity index (χ2v) is 5.90. The van der Waals surface area contributed by atoms with Gasteiger partial charge in [-0.05, 0) is 49.1 Å². The molecule has 2 nitrogen and oxygen atoms in total. The molecular formula is C14H16BrNOS. The van der Waals surface area contributed by atoms with E-state index in [1.54, 1.807) is 11.8 Å². The van der Waals surface area contributed by atoms with Crippen LogP contribution in [0.1, 0.15) is 17.1 Å². The van der Waals surface area contributed by atoms with Crippen LogP contribution in [-0.2, 0) is 12.3 Å². The van der Waals surface area contributed by atoms with Gasteiger partial charge in [0.2, 0.25) is 0 Å². The molecule has 1 heterocycles. The van der Waals surface area contributed by atoms with Crippen LogP contribution in [0, 0.1) is 6.92 Å². The molecule has 0 aliphatic carbocycles. The maximum Gasteiger partial charge on any atom is 0.123 e. The van der Waals surface area contributed by atoms with Gasteiger partial charge in [0.25, 0.3) is 0 Å². The summed E-state index contributed by atoms with van der Waals surface area (Å²) in [5, 5.41) is 3.39. The van der Waals surface area contributed by atoms with Crippen LogP contribution in [-0.4, -0.2) is 6.26 Å². The maximum absolute atomic E-state index is 5.72. The normalized spacial score (nSPS) is 10.6. The molecule has 0 radical (unpaired) electrons. The van der Waals surface area contributed by atoms with Crippen LogP contribution >= 0.6 is 27.7 Å². The summed E-state index contributed by atoms with van der Waals surface area (Å²) in [5.41, 5.74) is 2.36. The van der Waals surface area contributed by atoms with Gasteiger partial charge in [-0.25, -0.2) is 0 Å². The molecule has 0 fully saturated rings. The zero-order valence-corrected chi connectivity index (χ0v) is 12.9. The summed E-state index contributed by atoms with van der Waals surface area (Å²) in [4.78, 5) is 0. The highest BCUT2D eigenvalue weighted by molar-refractivity contribution is 9.10. The first kappa shape index (κ1) is 13.6. The number of furan rings is 1. The lowest BCUT2D eigenvalue weighted by atomic mass is 10.2. The second kappa shape index (κ2) is 6.34. The van der Waals surface area contributed by atoms with Gasteiger partial charge in [0.05, 0.1) is 12.3 Å². The van der Waals surface area contributed by atoms with E-state index in [9.17, 15) is 0 Å². The zero-order chi connectivity index (χ0) is 13.0. The average Bonchev–Trinajstić information content (AvgIpc) is 2.76. The molecule has 0 bridgehead atoms. The minimum atomic E-state index is 0.719. The van der Waals surface area contributed by atoms with E-state index in [0.717, 1.165) is 34.0 Å². The number of benzene rings is 1. The van der Waals surface area contributed by atoms with Crippen molar-refractivity contribution in [1.82, 2.24) is 0 Å². The third-order valence-corrected chi connectivity index (χ3v) is 3.71. The fourth-order valence-electron chi connectivity index (χ4n) is 1.74. The summed E-state index contributed by atoms with van der Waals surface area (Å²) < 4.78 is 6.82. The van der Waals surface area contributed by atoms with Crippen LogP contribution < -0.4 is 5.32 Å². The van der Waals surface area contributed by atoms with Gasteiger partial charge in [-0.1, -0.05) is 15.9 Å². The molecule has 1 aromatic carbocycles. The van der Waals surface area contributed by atoms with Crippen molar-refractivity contribution in [2.75, 3.05) is 11.6 Å². The summed E-state index contributed by atoms with van der Waals surface area (Å²) in [5.74, 6) is 2.94. The molecule has 0 aliphatic rings. The smallest absolute Gasteiger partial charge is 0.123 e. The van der Waals surface area contributed by atoms with E-state index in [1.807, 2.05) is 18.2 Å². The highest BCUT2D eigenvalue weighted by Crippen LogP contribution is 2.21. The van der Waals surface area contributed by atoms with Crippen molar-refractivity contribution in [2.24, 2.45) is 0 Å². The largest absolute Gasteiger partial charge is 0.463 e. The molecule has 0 saturated heterocycles. The fraction of sp³-hybridized carbons (Fsp3) is 0.286. The predicted octanol–water partition coefficient (Wildman–Crippen LogP) is 4.83. The molecule has 2 rings (SSSR count). The van der Waals surface area contributed by atoms with Gasteiger partial charge in [0.1, 0.15) is 11.5 Å². The van der Waals surface area contributed by atoms with Crippen molar-refractivity contribution in [3.8, 4) is 0 Å². The van der Waals surface area contributed by atoms with Gasteiger partial charge >= 0.3 is 0 Å². The number of nitrogens with one attached hydrogen (secondary N) is 1. The molecule has 0 aliphatic heterocycles. The molecule has 0 spiro atoms. The Kier molecular flexibility index (Phi) is 4.78. The van der Waals surface area contributed by atoms with E-state index >= 15 is 0 Å². The number of aryl methyl sites for hydroxylation is 1. The number of anilines is 1. The van der Waals surface area contributed by atoms with Crippen molar-refractivity contribution in [1.29, 1.82) is 0 Å². The lowest BCUT2D eigenvalue weighted by Crippen LogP contribution is -1.99. The number of hydrogen-bond donors (Lipinski definition) is 1. The Bertz CT molecular complexity index is 524. The van der Waals surface area contributed by atoms with E-state index in [2.05, 4.69) is 46.6 Å². The minimum Gasteiger partial charge on any atom is -0.463 e. The van der Waals surface area contributed by atoms with Crippen LogP contribution in [0.5, 0.6) is 0 Å². The highest BCUT2D eigenvalue weighted by Gasteiger charge is 2.03. The van der Waals surface area contributed by atoms with Crippen LogP contribution in [0.4, 0.5) is 5.69 Å². The Morgan fingerprint density at radius 3 is 2.72 bits per heavy atom. The second-order valence-electron chi connectivity index (χ2n) is 4.11. The van der Waals surface area contributed by atoms with Gasteiger partial charge in [-0.2, -0.15) is 11.8 Å². The van der Waals surface area contributed by atoms with Crippen molar-refractivity contribution in [3.05, 3.63) is 51.9 Å². The molecule has 4 heteroatoms. The van der Waals surface area contributed by atoms with Gasteiger partial charge in [-0.15, -0.1) is 0 Å². The molecule has 0 atom stereocenters. The number of halogens is 1. The molecule has 18 heavy (non-hydrogen) atoms. The van der Waals surface area contributed by atoms with E-state index in [1.165, 1.54) is 5.56 Å². The maximum atomic E-state index is 5.72. The first-order valence-corrected chi connectivity index (χ1v) is 7.94. The predicted molar refractivity (Wildman–Crippen MR) is 82.1 cm³/mol. The summed E-state index contributed by atoms with van der Waals surface area (Å²) in [6.07, 6.45) is 2.08. The van der Waals surface area contributed by atoms with Crippen molar-refractivity contribution in [3.63, 3.8) is 0 Å². The molecule has 1 aromatic heterocycles. The Morgan fingerprint density at radius 1 is 1.22 bits per heavy atom. The quantitative estimate of drug-likeness (QED) is 0.852. The van der Waals surface area contributed by atoms with E-state index in [4.69, 9.17) is 4.42 Å². The third kappa shape index (κ3) is 3.56. The first-order valence-electron chi connectivity index (χ1n) is 5.75. The Balaban J connectivity index is 1.97. The van der Waals surface area contributed by atoms with Crippen LogP contribution in [0.3, 0.4) is 0 Å². The van der Waals surface area contributed by atoms with Gasteiger partial charge < -0.3 is 9.73 Å². The van der Waals surface area contributed by atoms with Crippen LogP contribution in [0.15, 0.2) is 39.2 Å². The molecule has 0 amide bonds. The lowest BCUT2D eigenvalue weighted by molar-refractivity contribution is 0.487. The fourth-order valence-corrected chi connectivity index (χ4v) is 2.66. The minimum absolute atomic E-state index is 0.719. The van der Waals surface area contributed by atoms with Crippen molar-refractivity contribution >= 4 is 33.4 Å². The summed E-state index contributed by atoms with van der Waals surface area (Å²) in [6, 6.07) is 10.3. The van der Waals surface area contributed by atoms with Gasteiger partial charge in [-0.3, -0.25) is 0 Å². The number of hydrogen-bond acceptors (Lipinski definition) is 3. The molecule has 96 valence electrons. The molecule has 0 saturated carbocycles. The van der Waals surface area contributed by atoms with E-state index in [0.29, 0.717) is 0 Å². The Labute approximate surface area is 120 Å². The summed E-state index contributed by atoms with van der Waals surface area (Å²) in [6.45, 7) is 2.81. The molecule has 1 N–H and O–H groups in total. The van der Waals surface area contributed by atoms with Gasteiger partial charge in [0.15, 0.2) is 0 Å². The highest BCUT2D eigenvalue weighted by atomic mass is 79.9. The molecular weight excluding hydrogens is 310 g/mol. The Hall–Kier alpha value is -0.870. The lowest BCUT2D eigenvalue weighted by Gasteiger charge is -2.08. The topological polar surface area (TPSA) is 25.2 Å². The van der Waals surface area contributed by atoms with E-state index < -0.39 is 0 Å². The standard InChI is InChI=1S/C14H16BrNOS/c1-10-7-11(15)3-6-14(10)16-8-12-4-5-13(17-12)9-18-2/h3-7,16H,8-9H2,1-2H3. The average molecular weight is 326 g/mol. The Morgan fingerprint density at radius 2 is 2.00 bits per heavy atom. The number of thioether (sulfide) groups is 1. The third-order valence-electron chi connectivity index (χ3n) is 2.65. The van der Waals surface area contributed by atoms with Gasteiger partial charge in [0, 0.05) is 10.2 Å². The summed E-state index contributed by atoms with van der Waals surface area (Å²) >= 11 is 5.23. The van der Waals surface area contributed by atoms with Crippen molar-refractivity contribution < 1.29 is 4.42 Å². The summed E-state index contributed by atoms with van der Waals surface area (Å²) in [7, 11) is 0. The van der Waals surface area contributed by atoms with Crippen LogP contribution in [0.2, 0.25) is 0 Å². The van der Waals surface area contributed by atoms with Crippen LogP contribution in [0.25, 0.3) is 0 Å². The SMILES string of the molecule is CSCc1ccc(CNc2ccc(Br)cc2C)o1.